The minimum Gasteiger partial charge on any atom is -0.385 e. The van der Waals surface area contributed by atoms with Crippen molar-refractivity contribution >= 4 is 17.5 Å². The number of pyridine rings is 1. The molecule has 0 radical (unpaired) electrons. The molecule has 21 heavy (non-hydrogen) atoms. The van der Waals surface area contributed by atoms with Gasteiger partial charge < -0.3 is 16.0 Å². The number of amides is 2. The van der Waals surface area contributed by atoms with Gasteiger partial charge in [-0.25, -0.2) is 0 Å². The third-order valence-electron chi connectivity index (χ3n) is 3.18. The molecular formula is C15H22N4O2. The Kier molecular flexibility index (Phi) is 5.54. The van der Waals surface area contributed by atoms with E-state index in [-0.39, 0.29) is 11.8 Å². The van der Waals surface area contributed by atoms with Crippen molar-refractivity contribution in [3.05, 3.63) is 24.0 Å². The average molecular weight is 290 g/mol. The molecule has 0 bridgehead atoms. The molecule has 1 heterocycles. The summed E-state index contributed by atoms with van der Waals surface area (Å²) in [5, 5.41) is 8.84. The molecule has 1 saturated carbocycles. The maximum atomic E-state index is 11.9. The normalized spacial score (nSPS) is 13.6. The Morgan fingerprint density at radius 1 is 1.38 bits per heavy atom. The average Bonchev–Trinajstić information content (AvgIpc) is 3.28. The molecule has 3 N–H and O–H groups in total. The van der Waals surface area contributed by atoms with E-state index in [0.29, 0.717) is 31.1 Å². The van der Waals surface area contributed by atoms with Gasteiger partial charge in [0, 0.05) is 37.4 Å². The van der Waals surface area contributed by atoms with Crippen molar-refractivity contribution < 1.29 is 9.59 Å². The van der Waals surface area contributed by atoms with E-state index in [1.807, 2.05) is 13.0 Å². The number of hydrogen-bond acceptors (Lipinski definition) is 4. The standard InChI is InChI=1S/C15H22N4O2/c1-2-16-12-7-9-17-13(10-12)15(21)18-8-3-4-14(20)19-11-5-6-11/h7,9-11H,2-6,8H2,1H3,(H,16,17)(H,18,21)(H,19,20). The highest BCUT2D eigenvalue weighted by molar-refractivity contribution is 5.93. The van der Waals surface area contributed by atoms with E-state index in [4.69, 9.17) is 0 Å². The summed E-state index contributed by atoms with van der Waals surface area (Å²) in [5.74, 6) is -0.142. The largest absolute Gasteiger partial charge is 0.385 e. The molecule has 6 heteroatoms. The molecule has 1 aromatic rings. The Morgan fingerprint density at radius 2 is 2.19 bits per heavy atom. The third-order valence-corrected chi connectivity index (χ3v) is 3.18. The summed E-state index contributed by atoms with van der Waals surface area (Å²) >= 11 is 0. The van der Waals surface area contributed by atoms with Crippen molar-refractivity contribution in [2.45, 2.75) is 38.6 Å². The summed E-state index contributed by atoms with van der Waals surface area (Å²) in [7, 11) is 0. The molecule has 0 unspecified atom stereocenters. The summed E-state index contributed by atoms with van der Waals surface area (Å²) in [6.07, 6.45) is 4.88. The van der Waals surface area contributed by atoms with E-state index in [2.05, 4.69) is 20.9 Å². The molecule has 2 rings (SSSR count). The first-order valence-corrected chi connectivity index (χ1v) is 7.46. The van der Waals surface area contributed by atoms with Crippen LogP contribution >= 0.6 is 0 Å². The Balaban J connectivity index is 1.68. The SMILES string of the molecule is CCNc1ccnc(C(=O)NCCCC(=O)NC2CC2)c1. The van der Waals surface area contributed by atoms with Crippen molar-refractivity contribution in [3.63, 3.8) is 0 Å². The fourth-order valence-electron chi connectivity index (χ4n) is 1.94. The predicted molar refractivity (Wildman–Crippen MR) is 81.1 cm³/mol. The minimum absolute atomic E-state index is 0.0685. The van der Waals surface area contributed by atoms with Crippen molar-refractivity contribution in [2.24, 2.45) is 0 Å². The second-order valence-corrected chi connectivity index (χ2v) is 5.16. The minimum atomic E-state index is -0.211. The Bertz CT molecular complexity index is 500. The van der Waals surface area contributed by atoms with Crippen molar-refractivity contribution in [2.75, 3.05) is 18.4 Å². The van der Waals surface area contributed by atoms with Crippen molar-refractivity contribution in [3.8, 4) is 0 Å². The quantitative estimate of drug-likeness (QED) is 0.630. The molecule has 0 aromatic carbocycles. The van der Waals surface area contributed by atoms with Gasteiger partial charge in [0.25, 0.3) is 5.91 Å². The molecule has 2 amide bonds. The molecule has 1 aliphatic carbocycles. The summed E-state index contributed by atoms with van der Waals surface area (Å²) < 4.78 is 0. The number of rotatable bonds is 8. The van der Waals surface area contributed by atoms with Gasteiger partial charge in [-0.2, -0.15) is 0 Å². The smallest absolute Gasteiger partial charge is 0.269 e. The lowest BCUT2D eigenvalue weighted by atomic mass is 10.2. The molecule has 1 aromatic heterocycles. The fourth-order valence-corrected chi connectivity index (χ4v) is 1.94. The van der Waals surface area contributed by atoms with Crippen LogP contribution in [0, 0.1) is 0 Å². The van der Waals surface area contributed by atoms with Gasteiger partial charge in [-0.3, -0.25) is 14.6 Å². The number of hydrogen-bond donors (Lipinski definition) is 3. The van der Waals surface area contributed by atoms with Gasteiger partial charge in [0.15, 0.2) is 0 Å². The van der Waals surface area contributed by atoms with E-state index in [1.54, 1.807) is 12.3 Å². The molecule has 6 nitrogen and oxygen atoms in total. The van der Waals surface area contributed by atoms with Crippen LogP contribution in [0.25, 0.3) is 0 Å². The summed E-state index contributed by atoms with van der Waals surface area (Å²) in [5.41, 5.74) is 1.26. The number of anilines is 1. The number of nitrogens with one attached hydrogen (secondary N) is 3. The second-order valence-electron chi connectivity index (χ2n) is 5.16. The van der Waals surface area contributed by atoms with Gasteiger partial charge in [0.1, 0.15) is 5.69 Å². The second kappa shape index (κ2) is 7.61. The first-order chi connectivity index (χ1) is 10.2. The zero-order valence-electron chi connectivity index (χ0n) is 12.3. The third kappa shape index (κ3) is 5.41. The van der Waals surface area contributed by atoms with Crippen LogP contribution in [-0.2, 0) is 4.79 Å². The number of nitrogens with zero attached hydrogens (tertiary/aromatic N) is 1. The maximum Gasteiger partial charge on any atom is 0.269 e. The Hall–Kier alpha value is -2.11. The summed E-state index contributed by atoms with van der Waals surface area (Å²) in [6, 6.07) is 3.94. The van der Waals surface area contributed by atoms with Crippen molar-refractivity contribution in [1.82, 2.24) is 15.6 Å². The molecule has 1 fully saturated rings. The first kappa shape index (κ1) is 15.3. The lowest BCUT2D eigenvalue weighted by molar-refractivity contribution is -0.121. The van der Waals surface area contributed by atoms with Crippen LogP contribution in [0.15, 0.2) is 18.3 Å². The number of carbonyl (C=O) groups is 2. The fraction of sp³-hybridized carbons (Fsp3) is 0.533. The van der Waals surface area contributed by atoms with Gasteiger partial charge in [0.2, 0.25) is 5.91 Å². The topological polar surface area (TPSA) is 83.1 Å². The number of carbonyl (C=O) groups excluding carboxylic acids is 2. The van der Waals surface area contributed by atoms with E-state index >= 15 is 0 Å². The zero-order chi connectivity index (χ0) is 15.1. The maximum absolute atomic E-state index is 11.9. The molecule has 114 valence electrons. The highest BCUT2D eigenvalue weighted by atomic mass is 16.2. The van der Waals surface area contributed by atoms with E-state index in [1.165, 1.54) is 0 Å². The van der Waals surface area contributed by atoms with Crippen LogP contribution in [0.2, 0.25) is 0 Å². The van der Waals surface area contributed by atoms with Crippen LogP contribution in [0.5, 0.6) is 0 Å². The molecule has 0 aliphatic heterocycles. The number of aromatic nitrogens is 1. The van der Waals surface area contributed by atoms with Crippen LogP contribution in [-0.4, -0.2) is 35.9 Å². The van der Waals surface area contributed by atoms with E-state index in [9.17, 15) is 9.59 Å². The van der Waals surface area contributed by atoms with Crippen LogP contribution in [0.3, 0.4) is 0 Å². The van der Waals surface area contributed by atoms with Crippen molar-refractivity contribution in [1.29, 1.82) is 0 Å². The monoisotopic (exact) mass is 290 g/mol. The molecule has 0 atom stereocenters. The van der Waals surface area contributed by atoms with Gasteiger partial charge >= 0.3 is 0 Å². The first-order valence-electron chi connectivity index (χ1n) is 7.46. The molecule has 0 saturated heterocycles. The van der Waals surface area contributed by atoms with Crippen LogP contribution < -0.4 is 16.0 Å². The van der Waals surface area contributed by atoms with E-state index in [0.717, 1.165) is 25.1 Å². The predicted octanol–water partition coefficient (Wildman–Crippen LogP) is 1.30. The van der Waals surface area contributed by atoms with E-state index < -0.39 is 0 Å². The highest BCUT2D eigenvalue weighted by Crippen LogP contribution is 2.18. The van der Waals surface area contributed by atoms with Gasteiger partial charge in [0.05, 0.1) is 0 Å². The highest BCUT2D eigenvalue weighted by Gasteiger charge is 2.22. The lowest BCUT2D eigenvalue weighted by Gasteiger charge is -2.07. The molecule has 1 aliphatic rings. The van der Waals surface area contributed by atoms with Gasteiger partial charge in [-0.05, 0) is 38.3 Å². The molecule has 0 spiro atoms. The Labute approximate surface area is 124 Å². The zero-order valence-corrected chi connectivity index (χ0v) is 12.3. The molecular weight excluding hydrogens is 268 g/mol. The summed E-state index contributed by atoms with van der Waals surface area (Å²) in [6.45, 7) is 3.26. The van der Waals surface area contributed by atoms with Gasteiger partial charge in [-0.15, -0.1) is 0 Å². The van der Waals surface area contributed by atoms with Crippen LogP contribution in [0.1, 0.15) is 43.1 Å². The van der Waals surface area contributed by atoms with Crippen LogP contribution in [0.4, 0.5) is 5.69 Å². The summed E-state index contributed by atoms with van der Waals surface area (Å²) in [4.78, 5) is 27.5. The Morgan fingerprint density at radius 3 is 2.90 bits per heavy atom. The van der Waals surface area contributed by atoms with Gasteiger partial charge in [-0.1, -0.05) is 0 Å². The lowest BCUT2D eigenvalue weighted by Crippen LogP contribution is -2.28.